The van der Waals surface area contributed by atoms with E-state index in [4.69, 9.17) is 0 Å². The van der Waals surface area contributed by atoms with Gasteiger partial charge in [-0.1, -0.05) is 12.1 Å². The molecule has 2 aromatic rings. The summed E-state index contributed by atoms with van der Waals surface area (Å²) in [4.78, 5) is 23.3. The Morgan fingerprint density at radius 2 is 1.14 bits per heavy atom. The Balaban J connectivity index is 2.37. The Hall–Kier alpha value is -2.27. The molecule has 2 aromatic carbocycles. The van der Waals surface area contributed by atoms with E-state index in [0.717, 1.165) is 0 Å². The predicted molar refractivity (Wildman–Crippen MR) is 77.3 cm³/mol. The molecule has 0 aromatic heterocycles. The first kappa shape index (κ1) is 13.7. The normalized spacial score (nSPS) is 14.4. The van der Waals surface area contributed by atoms with E-state index >= 15 is 0 Å². The fourth-order valence-corrected chi connectivity index (χ4v) is 4.15. The Labute approximate surface area is 122 Å². The van der Waals surface area contributed by atoms with E-state index in [0.29, 0.717) is 22.3 Å². The summed E-state index contributed by atoms with van der Waals surface area (Å²) in [5.41, 5.74) is 1.87. The molecule has 0 spiro atoms. The van der Waals surface area contributed by atoms with Crippen molar-refractivity contribution in [3.05, 3.63) is 47.5 Å². The molecule has 0 fully saturated rings. The van der Waals surface area contributed by atoms with Crippen molar-refractivity contribution >= 4 is 21.4 Å². The van der Waals surface area contributed by atoms with Gasteiger partial charge in [0.25, 0.3) is 0 Å². The van der Waals surface area contributed by atoms with E-state index in [1.165, 1.54) is 38.1 Å². The van der Waals surface area contributed by atoms with E-state index < -0.39 is 9.84 Å². The van der Waals surface area contributed by atoms with Gasteiger partial charge in [0.05, 0.1) is 9.79 Å². The van der Waals surface area contributed by atoms with Crippen molar-refractivity contribution < 1.29 is 18.0 Å². The van der Waals surface area contributed by atoms with Gasteiger partial charge < -0.3 is 0 Å². The summed E-state index contributed by atoms with van der Waals surface area (Å²) in [7, 11) is -3.57. The van der Waals surface area contributed by atoms with E-state index in [1.54, 1.807) is 12.1 Å². The average Bonchev–Trinajstić information content (AvgIpc) is 2.67. The summed E-state index contributed by atoms with van der Waals surface area (Å²) in [6.45, 7) is 2.86. The van der Waals surface area contributed by atoms with Crippen LogP contribution in [0.2, 0.25) is 0 Å². The second-order valence-electron chi connectivity index (χ2n) is 5.04. The van der Waals surface area contributed by atoms with Gasteiger partial charge >= 0.3 is 0 Å². The van der Waals surface area contributed by atoms with Crippen LogP contribution in [0.4, 0.5) is 0 Å². The first-order chi connectivity index (χ1) is 9.82. The molecule has 0 unspecified atom stereocenters. The zero-order chi connectivity index (χ0) is 15.4. The van der Waals surface area contributed by atoms with Crippen LogP contribution in [0.15, 0.2) is 46.2 Å². The minimum Gasteiger partial charge on any atom is -0.295 e. The van der Waals surface area contributed by atoms with Crippen LogP contribution in [0.1, 0.15) is 34.6 Å². The molecule has 0 bridgehead atoms. The molecule has 0 N–H and O–H groups in total. The zero-order valence-corrected chi connectivity index (χ0v) is 12.3. The lowest BCUT2D eigenvalue weighted by Gasteiger charge is -2.03. The molecular weight excluding hydrogens is 288 g/mol. The highest BCUT2D eigenvalue weighted by Crippen LogP contribution is 2.43. The summed E-state index contributed by atoms with van der Waals surface area (Å²) >= 11 is 0. The van der Waals surface area contributed by atoms with E-state index in [9.17, 15) is 18.0 Å². The van der Waals surface area contributed by atoms with Gasteiger partial charge in [0.2, 0.25) is 9.84 Å². The number of hydrogen-bond acceptors (Lipinski definition) is 4. The minimum absolute atomic E-state index is 0.133. The van der Waals surface area contributed by atoms with Gasteiger partial charge in [-0.3, -0.25) is 9.59 Å². The van der Waals surface area contributed by atoms with Gasteiger partial charge in [-0.15, -0.1) is 0 Å². The van der Waals surface area contributed by atoms with Crippen LogP contribution in [-0.2, 0) is 9.84 Å². The van der Waals surface area contributed by atoms with Crippen LogP contribution in [0.3, 0.4) is 0 Å². The maximum atomic E-state index is 12.5. The summed E-state index contributed by atoms with van der Waals surface area (Å²) in [6, 6.07) is 9.08. The Morgan fingerprint density at radius 3 is 1.48 bits per heavy atom. The molecule has 4 nitrogen and oxygen atoms in total. The summed E-state index contributed by atoms with van der Waals surface area (Å²) in [5.74, 6) is -0.266. The highest BCUT2D eigenvalue weighted by molar-refractivity contribution is 7.92. The molecule has 1 aliphatic heterocycles. The lowest BCUT2D eigenvalue weighted by Crippen LogP contribution is -1.98. The first-order valence-corrected chi connectivity index (χ1v) is 7.86. The second-order valence-corrected chi connectivity index (χ2v) is 6.92. The predicted octanol–water partition coefficient (Wildman–Crippen LogP) is 2.91. The number of Topliss-reactive ketones (excluding diaryl/α,β-unsaturated/α-hetero) is 2. The number of carbonyl (C=O) groups is 2. The van der Waals surface area contributed by atoms with Gasteiger partial charge in [0.1, 0.15) is 0 Å². The third kappa shape index (κ3) is 1.93. The van der Waals surface area contributed by atoms with Crippen molar-refractivity contribution in [2.45, 2.75) is 23.6 Å². The third-order valence-corrected chi connectivity index (χ3v) is 5.51. The van der Waals surface area contributed by atoms with Gasteiger partial charge in [-0.25, -0.2) is 8.42 Å². The van der Waals surface area contributed by atoms with Crippen LogP contribution >= 0.6 is 0 Å². The van der Waals surface area contributed by atoms with E-state index in [1.807, 2.05) is 0 Å². The molecule has 0 radical (unpaired) electrons. The minimum atomic E-state index is -3.57. The lowest BCUT2D eigenvalue weighted by atomic mass is 9.99. The lowest BCUT2D eigenvalue weighted by molar-refractivity contribution is 0.100. The SMILES string of the molecule is CC(=O)c1ccc2c(c1)-c1cc(C(C)=O)ccc1S2(=O)=O. The van der Waals surface area contributed by atoms with Crippen LogP contribution in [0, 0.1) is 0 Å². The zero-order valence-electron chi connectivity index (χ0n) is 11.5. The summed E-state index contributed by atoms with van der Waals surface area (Å²) in [5, 5.41) is 0. The molecule has 0 aliphatic carbocycles. The number of ketones is 2. The monoisotopic (exact) mass is 300 g/mol. The van der Waals surface area contributed by atoms with Gasteiger partial charge in [-0.05, 0) is 38.1 Å². The van der Waals surface area contributed by atoms with Crippen molar-refractivity contribution in [1.29, 1.82) is 0 Å². The molecule has 0 saturated carbocycles. The van der Waals surface area contributed by atoms with Crippen molar-refractivity contribution in [3.63, 3.8) is 0 Å². The summed E-state index contributed by atoms with van der Waals surface area (Å²) < 4.78 is 24.9. The van der Waals surface area contributed by atoms with Crippen molar-refractivity contribution in [2.24, 2.45) is 0 Å². The van der Waals surface area contributed by atoms with Crippen LogP contribution in [0.25, 0.3) is 11.1 Å². The van der Waals surface area contributed by atoms with Crippen molar-refractivity contribution in [1.82, 2.24) is 0 Å². The number of fused-ring (bicyclic) bond motifs is 3. The number of hydrogen-bond donors (Lipinski definition) is 0. The number of rotatable bonds is 2. The fraction of sp³-hybridized carbons (Fsp3) is 0.125. The largest absolute Gasteiger partial charge is 0.295 e. The topological polar surface area (TPSA) is 68.3 Å². The maximum absolute atomic E-state index is 12.5. The van der Waals surface area contributed by atoms with Gasteiger partial charge in [-0.2, -0.15) is 0 Å². The molecule has 3 rings (SSSR count). The number of benzene rings is 2. The van der Waals surface area contributed by atoms with Crippen LogP contribution in [-0.4, -0.2) is 20.0 Å². The molecule has 0 atom stereocenters. The first-order valence-electron chi connectivity index (χ1n) is 6.38. The highest BCUT2D eigenvalue weighted by atomic mass is 32.2. The molecular formula is C16H12O4S. The Morgan fingerprint density at radius 1 is 0.762 bits per heavy atom. The van der Waals surface area contributed by atoms with Crippen molar-refractivity contribution in [2.75, 3.05) is 0 Å². The Bertz CT molecular complexity index is 838. The molecule has 1 heterocycles. The van der Waals surface area contributed by atoms with E-state index in [-0.39, 0.29) is 21.4 Å². The quantitative estimate of drug-likeness (QED) is 0.682. The standard InChI is InChI=1S/C16H12O4S/c1-9(17)11-3-5-15-13(7-11)14-8-12(10(2)18)4-6-16(14)21(15,19)20/h3-8H,1-2H3. The molecule has 21 heavy (non-hydrogen) atoms. The van der Waals surface area contributed by atoms with Gasteiger partial charge in [0, 0.05) is 22.3 Å². The average molecular weight is 300 g/mol. The number of sulfone groups is 1. The molecule has 1 aliphatic rings. The highest BCUT2D eigenvalue weighted by Gasteiger charge is 2.33. The molecule has 0 saturated heterocycles. The maximum Gasteiger partial charge on any atom is 0.207 e. The van der Waals surface area contributed by atoms with Crippen molar-refractivity contribution in [3.8, 4) is 11.1 Å². The number of carbonyl (C=O) groups excluding carboxylic acids is 2. The molecule has 0 amide bonds. The molecule has 5 heteroatoms. The fourth-order valence-electron chi connectivity index (χ4n) is 2.51. The van der Waals surface area contributed by atoms with Crippen LogP contribution in [0.5, 0.6) is 0 Å². The summed E-state index contributed by atoms with van der Waals surface area (Å²) in [6.07, 6.45) is 0. The van der Waals surface area contributed by atoms with E-state index in [2.05, 4.69) is 0 Å². The smallest absolute Gasteiger partial charge is 0.207 e. The van der Waals surface area contributed by atoms with Crippen LogP contribution < -0.4 is 0 Å². The third-order valence-electron chi connectivity index (χ3n) is 3.64. The van der Waals surface area contributed by atoms with Gasteiger partial charge in [0.15, 0.2) is 11.6 Å². The molecule has 106 valence electrons. The Kier molecular flexibility index (Phi) is 2.85. The second kappa shape index (κ2) is 4.36.